The second kappa shape index (κ2) is 15.0. The number of carbonyl (C=O) groups is 3. The zero-order valence-electron chi connectivity index (χ0n) is 13.8. The average Bonchev–Trinajstić information content (AvgIpc) is 2.48. The molecule has 0 radical (unpaired) electrons. The molecular formula is C15H27IN2O5. The van der Waals surface area contributed by atoms with Crippen LogP contribution in [0.15, 0.2) is 0 Å². The molecule has 0 aliphatic carbocycles. The van der Waals surface area contributed by atoms with Crippen molar-refractivity contribution in [2.24, 2.45) is 0 Å². The molecule has 7 nitrogen and oxygen atoms in total. The topological polar surface area (TPSA) is 93.7 Å². The summed E-state index contributed by atoms with van der Waals surface area (Å²) in [6, 6.07) is -0.136. The van der Waals surface area contributed by atoms with Gasteiger partial charge in [0.25, 0.3) is 0 Å². The van der Waals surface area contributed by atoms with E-state index >= 15 is 0 Å². The lowest BCUT2D eigenvalue weighted by Gasteiger charge is -2.14. The van der Waals surface area contributed by atoms with E-state index in [1.165, 1.54) is 0 Å². The summed E-state index contributed by atoms with van der Waals surface area (Å²) < 4.78 is 10.4. The number of amides is 1. The van der Waals surface area contributed by atoms with E-state index in [9.17, 15) is 14.4 Å². The number of halogens is 1. The molecule has 1 amide bonds. The third-order valence-electron chi connectivity index (χ3n) is 2.83. The van der Waals surface area contributed by atoms with Gasteiger partial charge in [0.15, 0.2) is 0 Å². The SMILES string of the molecule is CC(C)NCCOCCOCC(=O)NC(CCCC=O)C(=O)I. The molecule has 0 bridgehead atoms. The molecular weight excluding hydrogens is 415 g/mol. The fourth-order valence-corrected chi connectivity index (χ4v) is 2.16. The minimum Gasteiger partial charge on any atom is -0.378 e. The fourth-order valence-electron chi connectivity index (χ4n) is 1.69. The van der Waals surface area contributed by atoms with Crippen LogP contribution in [0.2, 0.25) is 0 Å². The van der Waals surface area contributed by atoms with Crippen molar-refractivity contribution in [1.82, 2.24) is 10.6 Å². The molecule has 0 aromatic heterocycles. The van der Waals surface area contributed by atoms with Gasteiger partial charge in [-0.15, -0.1) is 0 Å². The van der Waals surface area contributed by atoms with E-state index in [1.807, 2.05) is 0 Å². The van der Waals surface area contributed by atoms with Crippen molar-refractivity contribution in [3.8, 4) is 0 Å². The van der Waals surface area contributed by atoms with Crippen molar-refractivity contribution in [2.75, 3.05) is 33.0 Å². The van der Waals surface area contributed by atoms with E-state index < -0.39 is 6.04 Å². The number of unbranched alkanes of at least 4 members (excludes halogenated alkanes) is 1. The summed E-state index contributed by atoms with van der Waals surface area (Å²) in [7, 11) is 0. The summed E-state index contributed by atoms with van der Waals surface area (Å²) in [6.07, 6.45) is 2.21. The average molecular weight is 442 g/mol. The predicted molar refractivity (Wildman–Crippen MR) is 95.6 cm³/mol. The number of ether oxygens (including phenoxy) is 2. The molecule has 1 atom stereocenters. The summed E-state index contributed by atoms with van der Waals surface area (Å²) in [5, 5.41) is 5.83. The molecule has 8 heteroatoms. The van der Waals surface area contributed by atoms with Gasteiger partial charge >= 0.3 is 0 Å². The largest absolute Gasteiger partial charge is 0.378 e. The third kappa shape index (κ3) is 14.7. The smallest absolute Gasteiger partial charge is 0.246 e. The number of rotatable bonds is 15. The summed E-state index contributed by atoms with van der Waals surface area (Å²) in [4.78, 5) is 33.4. The summed E-state index contributed by atoms with van der Waals surface area (Å²) in [5.74, 6) is -0.340. The van der Waals surface area contributed by atoms with Gasteiger partial charge in [0.2, 0.25) is 9.70 Å². The Kier molecular flexibility index (Phi) is 14.6. The lowest BCUT2D eigenvalue weighted by atomic mass is 10.1. The van der Waals surface area contributed by atoms with Crippen molar-refractivity contribution in [3.05, 3.63) is 0 Å². The Morgan fingerprint density at radius 1 is 1.17 bits per heavy atom. The number of carbonyl (C=O) groups excluding carboxylic acids is 3. The lowest BCUT2D eigenvalue weighted by Crippen LogP contribution is -2.40. The highest BCUT2D eigenvalue weighted by Crippen LogP contribution is 2.05. The van der Waals surface area contributed by atoms with Crippen LogP contribution in [0, 0.1) is 0 Å². The lowest BCUT2D eigenvalue weighted by molar-refractivity contribution is -0.128. The summed E-state index contributed by atoms with van der Waals surface area (Å²) in [6.45, 7) is 6.13. The van der Waals surface area contributed by atoms with Crippen molar-refractivity contribution in [1.29, 1.82) is 0 Å². The Balaban J connectivity index is 3.67. The molecule has 0 saturated carbocycles. The highest BCUT2D eigenvalue weighted by molar-refractivity contribution is 14.1. The number of aldehydes is 1. The van der Waals surface area contributed by atoms with Crippen molar-refractivity contribution in [2.45, 2.75) is 45.2 Å². The van der Waals surface area contributed by atoms with Crippen LogP contribution >= 0.6 is 22.6 Å². The maximum atomic E-state index is 11.7. The van der Waals surface area contributed by atoms with E-state index in [0.717, 1.165) is 12.8 Å². The van der Waals surface area contributed by atoms with Crippen molar-refractivity contribution >= 4 is 38.6 Å². The monoisotopic (exact) mass is 442 g/mol. The van der Waals surface area contributed by atoms with Crippen LogP contribution in [-0.2, 0) is 23.9 Å². The van der Waals surface area contributed by atoms with E-state index in [0.29, 0.717) is 45.1 Å². The molecule has 0 heterocycles. The van der Waals surface area contributed by atoms with Gasteiger partial charge in [0, 0.05) is 41.6 Å². The van der Waals surface area contributed by atoms with Gasteiger partial charge in [0.1, 0.15) is 12.9 Å². The normalized spacial score (nSPS) is 12.2. The first-order valence-electron chi connectivity index (χ1n) is 7.78. The Bertz CT molecular complexity index is 353. The second-order valence-corrected chi connectivity index (χ2v) is 6.36. The molecule has 0 saturated heterocycles. The molecule has 0 aliphatic heterocycles. The summed E-state index contributed by atoms with van der Waals surface area (Å²) in [5.41, 5.74) is 0. The van der Waals surface area contributed by atoms with E-state index in [2.05, 4.69) is 24.5 Å². The molecule has 0 aromatic carbocycles. The molecule has 0 fully saturated rings. The van der Waals surface area contributed by atoms with Gasteiger partial charge in [0.05, 0.1) is 25.9 Å². The summed E-state index contributed by atoms with van der Waals surface area (Å²) >= 11 is 1.65. The Hall–Kier alpha value is -0.580. The minimum atomic E-state index is -0.565. The van der Waals surface area contributed by atoms with Gasteiger partial charge in [-0.3, -0.25) is 9.59 Å². The first-order chi connectivity index (χ1) is 11.0. The predicted octanol–water partition coefficient (Wildman–Crippen LogP) is 0.833. The first kappa shape index (κ1) is 22.4. The zero-order valence-corrected chi connectivity index (χ0v) is 16.0. The van der Waals surface area contributed by atoms with E-state index in [-0.39, 0.29) is 16.3 Å². The number of hydrogen-bond acceptors (Lipinski definition) is 6. The van der Waals surface area contributed by atoms with Crippen molar-refractivity contribution in [3.63, 3.8) is 0 Å². The van der Waals surface area contributed by atoms with Crippen LogP contribution in [0.1, 0.15) is 33.1 Å². The van der Waals surface area contributed by atoms with Crippen LogP contribution < -0.4 is 10.6 Å². The maximum Gasteiger partial charge on any atom is 0.246 e. The molecule has 0 spiro atoms. The first-order valence-corrected chi connectivity index (χ1v) is 8.86. The van der Waals surface area contributed by atoms with Crippen LogP contribution in [0.5, 0.6) is 0 Å². The highest BCUT2D eigenvalue weighted by atomic mass is 127. The second-order valence-electron chi connectivity index (χ2n) is 5.30. The zero-order chi connectivity index (χ0) is 17.5. The molecule has 0 rings (SSSR count). The Labute approximate surface area is 151 Å². The number of hydrogen-bond donors (Lipinski definition) is 2. The quantitative estimate of drug-likeness (QED) is 0.169. The maximum absolute atomic E-state index is 11.7. The van der Waals surface area contributed by atoms with Crippen LogP contribution in [-0.4, -0.2) is 61.0 Å². The van der Waals surface area contributed by atoms with Gasteiger partial charge in [-0.2, -0.15) is 0 Å². The standard InChI is InChI=1S/C15H27IN2O5/c1-12(2)17-6-8-22-9-10-23-11-14(20)18-13(15(16)21)5-3-4-7-19/h7,12-13,17H,3-6,8-11H2,1-2H3,(H,18,20). The van der Waals surface area contributed by atoms with Crippen LogP contribution in [0.25, 0.3) is 0 Å². The highest BCUT2D eigenvalue weighted by Gasteiger charge is 2.17. The molecule has 0 aliphatic rings. The third-order valence-corrected chi connectivity index (χ3v) is 3.58. The van der Waals surface area contributed by atoms with Crippen LogP contribution in [0.3, 0.4) is 0 Å². The van der Waals surface area contributed by atoms with Crippen molar-refractivity contribution < 1.29 is 23.9 Å². The van der Waals surface area contributed by atoms with Gasteiger partial charge in [-0.25, -0.2) is 0 Å². The Morgan fingerprint density at radius 3 is 2.48 bits per heavy atom. The number of nitrogens with one attached hydrogen (secondary N) is 2. The van der Waals surface area contributed by atoms with E-state index in [1.54, 1.807) is 22.6 Å². The Morgan fingerprint density at radius 2 is 1.87 bits per heavy atom. The van der Waals surface area contributed by atoms with E-state index in [4.69, 9.17) is 9.47 Å². The van der Waals surface area contributed by atoms with Gasteiger partial charge < -0.3 is 24.9 Å². The molecule has 2 N–H and O–H groups in total. The van der Waals surface area contributed by atoms with Crippen LogP contribution in [0.4, 0.5) is 0 Å². The van der Waals surface area contributed by atoms with Gasteiger partial charge in [-0.1, -0.05) is 13.8 Å². The van der Waals surface area contributed by atoms with Gasteiger partial charge in [-0.05, 0) is 12.8 Å². The molecule has 134 valence electrons. The molecule has 1 unspecified atom stereocenters. The fraction of sp³-hybridized carbons (Fsp3) is 0.800. The minimum absolute atomic E-state index is 0.109. The molecule has 23 heavy (non-hydrogen) atoms. The molecule has 0 aromatic rings.